The Balaban J connectivity index is 2.32. The molecule has 1 amide bonds. The number of hydrogen-bond acceptors (Lipinski definition) is 1. The summed E-state index contributed by atoms with van der Waals surface area (Å²) in [5, 5.41) is 0. The SMILES string of the molecule is C=Cc1cc(C(=O)N2CCC(F)(F)C2)c(F)cc1C. The van der Waals surface area contributed by atoms with E-state index in [9.17, 15) is 18.0 Å². The minimum absolute atomic E-state index is 0.0530. The molecule has 1 heterocycles. The van der Waals surface area contributed by atoms with E-state index >= 15 is 0 Å². The van der Waals surface area contributed by atoms with Gasteiger partial charge in [-0.2, -0.15) is 0 Å². The number of alkyl halides is 2. The quantitative estimate of drug-likeness (QED) is 0.807. The Morgan fingerprint density at radius 1 is 1.47 bits per heavy atom. The maximum absolute atomic E-state index is 13.8. The average molecular weight is 269 g/mol. The fourth-order valence-electron chi connectivity index (χ4n) is 2.15. The number of carbonyl (C=O) groups excluding carboxylic acids is 1. The normalized spacial score (nSPS) is 17.6. The van der Waals surface area contributed by atoms with E-state index in [4.69, 9.17) is 0 Å². The van der Waals surface area contributed by atoms with E-state index in [0.717, 1.165) is 4.90 Å². The molecule has 1 aromatic carbocycles. The zero-order chi connectivity index (χ0) is 14.2. The molecular weight excluding hydrogens is 255 g/mol. The smallest absolute Gasteiger partial charge is 0.267 e. The number of halogens is 3. The van der Waals surface area contributed by atoms with Crippen LogP contribution in [0.5, 0.6) is 0 Å². The van der Waals surface area contributed by atoms with Crippen molar-refractivity contribution in [3.05, 3.63) is 41.2 Å². The average Bonchev–Trinajstić information content (AvgIpc) is 2.69. The van der Waals surface area contributed by atoms with Gasteiger partial charge in [-0.25, -0.2) is 13.2 Å². The monoisotopic (exact) mass is 269 g/mol. The van der Waals surface area contributed by atoms with E-state index in [1.807, 2.05) is 0 Å². The van der Waals surface area contributed by atoms with Crippen molar-refractivity contribution in [1.82, 2.24) is 4.90 Å². The summed E-state index contributed by atoms with van der Waals surface area (Å²) >= 11 is 0. The number of amides is 1. The van der Waals surface area contributed by atoms with Gasteiger partial charge in [0.05, 0.1) is 12.1 Å². The Hall–Kier alpha value is -1.78. The molecule has 0 aliphatic carbocycles. The summed E-state index contributed by atoms with van der Waals surface area (Å²) in [6.45, 7) is 4.56. The molecule has 2 rings (SSSR count). The standard InChI is InChI=1S/C14H14F3NO/c1-3-10-7-11(12(15)6-9(10)2)13(19)18-5-4-14(16,17)8-18/h3,6-7H,1,4-5,8H2,2H3. The van der Waals surface area contributed by atoms with Crippen LogP contribution in [0.25, 0.3) is 6.08 Å². The maximum Gasteiger partial charge on any atom is 0.267 e. The lowest BCUT2D eigenvalue weighted by atomic mass is 10.0. The van der Waals surface area contributed by atoms with Gasteiger partial charge in [0.15, 0.2) is 0 Å². The molecule has 19 heavy (non-hydrogen) atoms. The number of likely N-dealkylation sites (tertiary alicyclic amines) is 1. The molecule has 0 bridgehead atoms. The second kappa shape index (κ2) is 4.72. The molecule has 0 spiro atoms. The fourth-order valence-corrected chi connectivity index (χ4v) is 2.15. The van der Waals surface area contributed by atoms with Crippen molar-refractivity contribution in [2.24, 2.45) is 0 Å². The van der Waals surface area contributed by atoms with Crippen molar-refractivity contribution in [1.29, 1.82) is 0 Å². The number of carbonyl (C=O) groups is 1. The van der Waals surface area contributed by atoms with E-state index in [2.05, 4.69) is 6.58 Å². The van der Waals surface area contributed by atoms with Crippen molar-refractivity contribution in [2.75, 3.05) is 13.1 Å². The Labute approximate surface area is 109 Å². The highest BCUT2D eigenvalue weighted by molar-refractivity contribution is 5.95. The van der Waals surface area contributed by atoms with Crippen LogP contribution >= 0.6 is 0 Å². The van der Waals surface area contributed by atoms with Gasteiger partial charge in [-0.3, -0.25) is 4.79 Å². The van der Waals surface area contributed by atoms with Crippen molar-refractivity contribution in [3.8, 4) is 0 Å². The molecule has 5 heteroatoms. The van der Waals surface area contributed by atoms with Gasteiger partial charge in [-0.15, -0.1) is 0 Å². The summed E-state index contributed by atoms with van der Waals surface area (Å²) in [5.41, 5.74) is 1.09. The minimum Gasteiger partial charge on any atom is -0.332 e. The van der Waals surface area contributed by atoms with Gasteiger partial charge in [0, 0.05) is 13.0 Å². The van der Waals surface area contributed by atoms with Gasteiger partial charge < -0.3 is 4.90 Å². The second-order valence-corrected chi connectivity index (χ2v) is 4.73. The summed E-state index contributed by atoms with van der Waals surface area (Å²) < 4.78 is 39.9. The van der Waals surface area contributed by atoms with Crippen LogP contribution < -0.4 is 0 Å². The molecule has 1 aromatic rings. The summed E-state index contributed by atoms with van der Waals surface area (Å²) in [6, 6.07) is 2.58. The van der Waals surface area contributed by atoms with Gasteiger partial charge in [0.1, 0.15) is 5.82 Å². The van der Waals surface area contributed by atoms with Crippen LogP contribution in [0.15, 0.2) is 18.7 Å². The minimum atomic E-state index is -2.88. The first-order chi connectivity index (χ1) is 8.84. The van der Waals surface area contributed by atoms with Crippen molar-refractivity contribution in [2.45, 2.75) is 19.3 Å². The summed E-state index contributed by atoms with van der Waals surface area (Å²) in [5.74, 6) is -4.26. The highest BCUT2D eigenvalue weighted by Crippen LogP contribution is 2.28. The van der Waals surface area contributed by atoms with E-state index < -0.39 is 24.2 Å². The Kier molecular flexibility index (Phi) is 3.39. The third-order valence-corrected chi connectivity index (χ3v) is 3.26. The van der Waals surface area contributed by atoms with Gasteiger partial charge >= 0.3 is 0 Å². The molecule has 1 saturated heterocycles. The fraction of sp³-hybridized carbons (Fsp3) is 0.357. The second-order valence-electron chi connectivity index (χ2n) is 4.73. The number of hydrogen-bond donors (Lipinski definition) is 0. The van der Waals surface area contributed by atoms with Crippen LogP contribution in [-0.2, 0) is 0 Å². The lowest BCUT2D eigenvalue weighted by Gasteiger charge is -2.17. The van der Waals surface area contributed by atoms with Crippen LogP contribution in [0, 0.1) is 12.7 Å². The molecule has 1 fully saturated rings. The van der Waals surface area contributed by atoms with Crippen molar-refractivity contribution in [3.63, 3.8) is 0 Å². The molecule has 0 radical (unpaired) electrons. The summed E-state index contributed by atoms with van der Waals surface area (Å²) in [6.07, 6.45) is 1.13. The molecule has 102 valence electrons. The highest BCUT2D eigenvalue weighted by atomic mass is 19.3. The lowest BCUT2D eigenvalue weighted by Crippen LogP contribution is -2.32. The van der Waals surface area contributed by atoms with Crippen LogP contribution in [0.3, 0.4) is 0 Å². The molecular formula is C14H14F3NO. The predicted octanol–water partition coefficient (Wildman–Crippen LogP) is 3.26. The molecule has 0 aromatic heterocycles. The maximum atomic E-state index is 13.8. The third-order valence-electron chi connectivity index (χ3n) is 3.26. The summed E-state index contributed by atoms with van der Waals surface area (Å²) in [4.78, 5) is 13.0. The summed E-state index contributed by atoms with van der Waals surface area (Å²) in [7, 11) is 0. The van der Waals surface area contributed by atoms with Crippen LogP contribution in [0.2, 0.25) is 0 Å². The van der Waals surface area contributed by atoms with Crippen LogP contribution in [-0.4, -0.2) is 29.8 Å². The van der Waals surface area contributed by atoms with Gasteiger partial charge in [0.2, 0.25) is 0 Å². The third kappa shape index (κ3) is 2.64. The number of benzene rings is 1. The van der Waals surface area contributed by atoms with Gasteiger partial charge in [-0.05, 0) is 30.2 Å². The topological polar surface area (TPSA) is 20.3 Å². The van der Waals surface area contributed by atoms with Crippen LogP contribution in [0.4, 0.5) is 13.2 Å². The van der Waals surface area contributed by atoms with E-state index in [0.29, 0.717) is 11.1 Å². The van der Waals surface area contributed by atoms with E-state index in [1.165, 1.54) is 18.2 Å². The van der Waals surface area contributed by atoms with E-state index in [1.54, 1.807) is 6.92 Å². The number of rotatable bonds is 2. The first-order valence-electron chi connectivity index (χ1n) is 5.94. The zero-order valence-electron chi connectivity index (χ0n) is 10.5. The molecule has 2 nitrogen and oxygen atoms in total. The van der Waals surface area contributed by atoms with E-state index in [-0.39, 0.29) is 18.5 Å². The Morgan fingerprint density at radius 3 is 2.68 bits per heavy atom. The molecule has 0 N–H and O–H groups in total. The molecule has 1 aliphatic heterocycles. The first kappa shape index (κ1) is 13.6. The van der Waals surface area contributed by atoms with Crippen molar-refractivity contribution < 1.29 is 18.0 Å². The van der Waals surface area contributed by atoms with Crippen LogP contribution in [0.1, 0.15) is 27.9 Å². The molecule has 0 atom stereocenters. The highest BCUT2D eigenvalue weighted by Gasteiger charge is 2.40. The van der Waals surface area contributed by atoms with Gasteiger partial charge in [0.25, 0.3) is 11.8 Å². The molecule has 1 aliphatic rings. The first-order valence-corrected chi connectivity index (χ1v) is 5.94. The zero-order valence-corrected chi connectivity index (χ0v) is 10.5. The molecule has 0 unspecified atom stereocenters. The predicted molar refractivity (Wildman–Crippen MR) is 66.7 cm³/mol. The molecule has 0 saturated carbocycles. The largest absolute Gasteiger partial charge is 0.332 e. The Bertz CT molecular complexity index is 540. The number of aryl methyl sites for hydroxylation is 1. The van der Waals surface area contributed by atoms with Gasteiger partial charge in [-0.1, -0.05) is 12.7 Å². The Morgan fingerprint density at radius 2 is 2.16 bits per heavy atom. The van der Waals surface area contributed by atoms with Crippen molar-refractivity contribution >= 4 is 12.0 Å². The number of nitrogens with zero attached hydrogens (tertiary/aromatic N) is 1. The lowest BCUT2D eigenvalue weighted by molar-refractivity contribution is 0.0119.